The molecule has 3 N–H and O–H groups in total. The molecule has 0 radical (unpaired) electrons. The first-order chi connectivity index (χ1) is 7.77. The maximum absolute atomic E-state index is 8.59. The van der Waals surface area contributed by atoms with Crippen LogP contribution in [0.15, 0.2) is 5.16 Å². The Balaban J connectivity index is 2.12. The predicted molar refractivity (Wildman–Crippen MR) is 63.7 cm³/mol. The molecule has 16 heavy (non-hydrogen) atoms. The average molecular weight is 229 g/mol. The van der Waals surface area contributed by atoms with Crippen LogP contribution in [0.5, 0.6) is 0 Å². The molecule has 1 fully saturated rings. The van der Waals surface area contributed by atoms with Crippen molar-refractivity contribution in [1.29, 1.82) is 0 Å². The van der Waals surface area contributed by atoms with Crippen LogP contribution in [-0.2, 0) is 4.74 Å². The SMILES string of the molecule is CCOCCCN1CCC(C(N)=NO)CC1. The van der Waals surface area contributed by atoms with Crippen molar-refractivity contribution in [1.82, 2.24) is 4.90 Å². The molecule has 0 aromatic rings. The summed E-state index contributed by atoms with van der Waals surface area (Å²) in [5.74, 6) is 0.641. The minimum atomic E-state index is 0.258. The van der Waals surface area contributed by atoms with Gasteiger partial charge in [-0.1, -0.05) is 5.16 Å². The molecule has 5 heteroatoms. The highest BCUT2D eigenvalue weighted by Gasteiger charge is 2.21. The summed E-state index contributed by atoms with van der Waals surface area (Å²) in [4.78, 5) is 2.42. The predicted octanol–water partition coefficient (Wildman–Crippen LogP) is 0.871. The van der Waals surface area contributed by atoms with Crippen molar-refractivity contribution < 1.29 is 9.94 Å². The number of ether oxygens (including phenoxy) is 1. The van der Waals surface area contributed by atoms with Gasteiger partial charge in [-0.3, -0.25) is 0 Å². The van der Waals surface area contributed by atoms with Crippen LogP contribution in [0.1, 0.15) is 26.2 Å². The van der Waals surface area contributed by atoms with Gasteiger partial charge in [0, 0.05) is 25.7 Å². The largest absolute Gasteiger partial charge is 0.409 e. The Morgan fingerprint density at radius 1 is 1.50 bits per heavy atom. The third-order valence-corrected chi connectivity index (χ3v) is 3.09. The second-order valence-corrected chi connectivity index (χ2v) is 4.19. The van der Waals surface area contributed by atoms with E-state index >= 15 is 0 Å². The van der Waals surface area contributed by atoms with Crippen molar-refractivity contribution in [2.24, 2.45) is 16.8 Å². The minimum Gasteiger partial charge on any atom is -0.409 e. The molecule has 0 spiro atoms. The van der Waals surface area contributed by atoms with E-state index in [2.05, 4.69) is 10.1 Å². The highest BCUT2D eigenvalue weighted by atomic mass is 16.5. The van der Waals surface area contributed by atoms with Gasteiger partial charge in [0.15, 0.2) is 0 Å². The molecule has 1 heterocycles. The number of piperidine rings is 1. The Kier molecular flexibility index (Phi) is 6.18. The molecule has 0 aromatic heterocycles. The van der Waals surface area contributed by atoms with Crippen LogP contribution < -0.4 is 5.73 Å². The summed E-state index contributed by atoms with van der Waals surface area (Å²) >= 11 is 0. The number of rotatable bonds is 6. The van der Waals surface area contributed by atoms with Gasteiger partial charge in [0.1, 0.15) is 5.84 Å². The van der Waals surface area contributed by atoms with Gasteiger partial charge in [-0.25, -0.2) is 0 Å². The minimum absolute atomic E-state index is 0.258. The molecule has 0 saturated carbocycles. The average Bonchev–Trinajstić information content (AvgIpc) is 2.34. The number of likely N-dealkylation sites (tertiary alicyclic amines) is 1. The molecular weight excluding hydrogens is 206 g/mol. The van der Waals surface area contributed by atoms with Crippen molar-refractivity contribution in [3.8, 4) is 0 Å². The van der Waals surface area contributed by atoms with E-state index in [0.717, 1.165) is 52.1 Å². The maximum atomic E-state index is 8.59. The molecular formula is C11H23N3O2. The third-order valence-electron chi connectivity index (χ3n) is 3.09. The molecule has 0 unspecified atom stereocenters. The summed E-state index contributed by atoms with van der Waals surface area (Å²) in [6.07, 6.45) is 3.07. The Hall–Kier alpha value is -0.810. The fourth-order valence-corrected chi connectivity index (χ4v) is 2.07. The Bertz CT molecular complexity index is 213. The molecule has 1 aliphatic rings. The zero-order valence-corrected chi connectivity index (χ0v) is 10.1. The molecule has 1 saturated heterocycles. The summed E-state index contributed by atoms with van der Waals surface area (Å²) < 4.78 is 5.30. The summed E-state index contributed by atoms with van der Waals surface area (Å²) in [7, 11) is 0. The monoisotopic (exact) mass is 229 g/mol. The maximum Gasteiger partial charge on any atom is 0.142 e. The van der Waals surface area contributed by atoms with E-state index in [1.54, 1.807) is 0 Å². The summed E-state index contributed by atoms with van der Waals surface area (Å²) in [5, 5.41) is 11.7. The molecule has 0 aromatic carbocycles. The van der Waals surface area contributed by atoms with Crippen molar-refractivity contribution in [2.75, 3.05) is 32.8 Å². The van der Waals surface area contributed by atoms with Gasteiger partial charge in [0.25, 0.3) is 0 Å². The molecule has 0 amide bonds. The zero-order valence-electron chi connectivity index (χ0n) is 10.1. The number of hydrogen-bond donors (Lipinski definition) is 2. The van der Waals surface area contributed by atoms with E-state index in [1.807, 2.05) is 6.92 Å². The lowest BCUT2D eigenvalue weighted by Gasteiger charge is -2.31. The first-order valence-electron chi connectivity index (χ1n) is 6.05. The van der Waals surface area contributed by atoms with E-state index in [-0.39, 0.29) is 5.92 Å². The van der Waals surface area contributed by atoms with Crippen molar-refractivity contribution in [2.45, 2.75) is 26.2 Å². The molecule has 5 nitrogen and oxygen atoms in total. The normalized spacial score (nSPS) is 20.2. The first kappa shape index (κ1) is 13.3. The molecule has 0 bridgehead atoms. The van der Waals surface area contributed by atoms with Crippen molar-refractivity contribution in [3.05, 3.63) is 0 Å². The van der Waals surface area contributed by atoms with E-state index in [1.165, 1.54) is 0 Å². The van der Waals surface area contributed by atoms with Crippen LogP contribution in [0.3, 0.4) is 0 Å². The zero-order chi connectivity index (χ0) is 11.8. The molecule has 1 aliphatic heterocycles. The number of nitrogens with two attached hydrogens (primary N) is 1. The molecule has 94 valence electrons. The molecule has 0 atom stereocenters. The van der Waals surface area contributed by atoms with Crippen LogP contribution >= 0.6 is 0 Å². The third kappa shape index (κ3) is 4.37. The Morgan fingerprint density at radius 3 is 2.75 bits per heavy atom. The van der Waals surface area contributed by atoms with Gasteiger partial charge in [-0.2, -0.15) is 0 Å². The lowest BCUT2D eigenvalue weighted by Crippen LogP contribution is -2.39. The van der Waals surface area contributed by atoms with Crippen molar-refractivity contribution >= 4 is 5.84 Å². The lowest BCUT2D eigenvalue weighted by molar-refractivity contribution is 0.124. The van der Waals surface area contributed by atoms with Gasteiger partial charge < -0.3 is 20.6 Å². The van der Waals surface area contributed by atoms with Gasteiger partial charge in [-0.15, -0.1) is 0 Å². The molecule has 0 aliphatic carbocycles. The van der Waals surface area contributed by atoms with Gasteiger partial charge in [0.2, 0.25) is 0 Å². The Labute approximate surface area is 97.2 Å². The van der Waals surface area contributed by atoms with Crippen LogP contribution in [0.25, 0.3) is 0 Å². The van der Waals surface area contributed by atoms with Crippen LogP contribution in [0.2, 0.25) is 0 Å². The lowest BCUT2D eigenvalue weighted by atomic mass is 9.96. The van der Waals surface area contributed by atoms with Crippen LogP contribution in [-0.4, -0.2) is 48.8 Å². The highest BCUT2D eigenvalue weighted by molar-refractivity contribution is 5.82. The summed E-state index contributed by atoms with van der Waals surface area (Å²) in [6.45, 7) is 6.81. The van der Waals surface area contributed by atoms with Gasteiger partial charge in [-0.05, 0) is 39.3 Å². The smallest absolute Gasteiger partial charge is 0.142 e. The number of nitrogens with zero attached hydrogens (tertiary/aromatic N) is 2. The quantitative estimate of drug-likeness (QED) is 0.233. The second kappa shape index (κ2) is 7.46. The number of oxime groups is 1. The van der Waals surface area contributed by atoms with E-state index < -0.39 is 0 Å². The summed E-state index contributed by atoms with van der Waals surface area (Å²) in [6, 6.07) is 0. The fourth-order valence-electron chi connectivity index (χ4n) is 2.07. The van der Waals surface area contributed by atoms with E-state index in [9.17, 15) is 0 Å². The second-order valence-electron chi connectivity index (χ2n) is 4.19. The van der Waals surface area contributed by atoms with Crippen LogP contribution in [0.4, 0.5) is 0 Å². The topological polar surface area (TPSA) is 71.1 Å². The number of hydrogen-bond acceptors (Lipinski definition) is 4. The number of amidine groups is 1. The Morgan fingerprint density at radius 2 is 2.19 bits per heavy atom. The molecule has 1 rings (SSSR count). The summed E-state index contributed by atoms with van der Waals surface area (Å²) in [5.41, 5.74) is 5.59. The van der Waals surface area contributed by atoms with Gasteiger partial charge in [0.05, 0.1) is 0 Å². The fraction of sp³-hybridized carbons (Fsp3) is 0.909. The van der Waals surface area contributed by atoms with Crippen molar-refractivity contribution in [3.63, 3.8) is 0 Å². The van der Waals surface area contributed by atoms with E-state index in [4.69, 9.17) is 15.7 Å². The highest BCUT2D eigenvalue weighted by Crippen LogP contribution is 2.17. The van der Waals surface area contributed by atoms with E-state index in [0.29, 0.717) is 5.84 Å². The van der Waals surface area contributed by atoms with Gasteiger partial charge >= 0.3 is 0 Å². The first-order valence-corrected chi connectivity index (χ1v) is 6.05. The standard InChI is InChI=1S/C11H23N3O2/c1-2-16-9-3-6-14-7-4-10(5-8-14)11(12)13-15/h10,15H,2-9H2,1H3,(H2,12,13). The van der Waals surface area contributed by atoms with Crippen LogP contribution in [0, 0.1) is 5.92 Å².